The first-order valence-electron chi connectivity index (χ1n) is 13.2. The maximum Gasteiger partial charge on any atom is 0.235 e. The molecule has 3 aromatic rings. The minimum atomic E-state index is -1.16. The molecule has 39 heavy (non-hydrogen) atoms. The summed E-state index contributed by atoms with van der Waals surface area (Å²) in [7, 11) is 1.58. The van der Waals surface area contributed by atoms with Crippen LogP contribution >= 0.6 is 23.2 Å². The number of imide groups is 1. The molecule has 1 saturated heterocycles. The quantitative estimate of drug-likeness (QED) is 0.214. The van der Waals surface area contributed by atoms with Gasteiger partial charge in [0.25, 0.3) is 0 Å². The third kappa shape index (κ3) is 3.80. The van der Waals surface area contributed by atoms with Crippen molar-refractivity contribution in [2.75, 3.05) is 19.0 Å². The largest absolute Gasteiger partial charge is 0.497 e. The minimum absolute atomic E-state index is 0.0946. The first kappa shape index (κ1) is 25.9. The van der Waals surface area contributed by atoms with E-state index in [-0.39, 0.29) is 24.3 Å². The Balaban J connectivity index is 1.15. The van der Waals surface area contributed by atoms with Crippen LogP contribution in [0.2, 0.25) is 0 Å². The van der Waals surface area contributed by atoms with Crippen molar-refractivity contribution in [2.24, 2.45) is 11.8 Å². The lowest BCUT2D eigenvalue weighted by Gasteiger charge is -2.54. The lowest BCUT2D eigenvalue weighted by atomic mass is 9.54. The first-order valence-corrected chi connectivity index (χ1v) is 13.9. The Hall–Kier alpha value is -3.35. The van der Waals surface area contributed by atoms with E-state index in [0.717, 1.165) is 22.3 Å². The van der Waals surface area contributed by atoms with Gasteiger partial charge < -0.3 is 10.1 Å². The van der Waals surface area contributed by atoms with Gasteiger partial charge in [-0.25, -0.2) is 0 Å². The van der Waals surface area contributed by atoms with Gasteiger partial charge in [-0.15, -0.1) is 23.2 Å². The Morgan fingerprint density at radius 1 is 0.821 bits per heavy atom. The van der Waals surface area contributed by atoms with Gasteiger partial charge in [0, 0.05) is 24.7 Å². The molecule has 1 heterocycles. The zero-order valence-corrected chi connectivity index (χ0v) is 23.0. The van der Waals surface area contributed by atoms with Gasteiger partial charge in [-0.3, -0.25) is 19.3 Å². The summed E-state index contributed by atoms with van der Waals surface area (Å²) in [6.07, 6.45) is 2.25. The number of hydrogen-bond donors (Lipinski definition) is 1. The first-order chi connectivity index (χ1) is 18.8. The average molecular weight is 563 g/mol. The lowest BCUT2D eigenvalue weighted by molar-refractivity contribution is -0.140. The maximum absolute atomic E-state index is 13.8. The van der Waals surface area contributed by atoms with Crippen molar-refractivity contribution in [2.45, 2.75) is 35.4 Å². The van der Waals surface area contributed by atoms with Gasteiger partial charge >= 0.3 is 0 Å². The Bertz CT molecular complexity index is 1370. The number of hydrogen-bond acceptors (Lipinski definition) is 4. The average Bonchev–Trinajstić information content (AvgIpc) is 3.22. The van der Waals surface area contributed by atoms with Crippen LogP contribution in [0.5, 0.6) is 5.75 Å². The monoisotopic (exact) mass is 562 g/mol. The predicted molar refractivity (Wildman–Crippen MR) is 150 cm³/mol. The molecule has 200 valence electrons. The van der Waals surface area contributed by atoms with Crippen LogP contribution in [-0.2, 0) is 24.1 Å². The summed E-state index contributed by atoms with van der Waals surface area (Å²) >= 11 is 14.9. The number of rotatable bonds is 8. The number of alkyl halides is 2. The number of unbranched alkanes of at least 4 members (excludes halogenated alkanes) is 2. The molecule has 0 aromatic heterocycles. The SMILES string of the molecule is COc1cccc(NC(=O)CCCCCN2C(=O)[C@@H]3[C@@H](C2=O)C2(Cl)c4ccccc4C3(Cl)c3ccccc32)c1. The van der Waals surface area contributed by atoms with Crippen molar-refractivity contribution in [3.8, 4) is 5.75 Å². The number of nitrogens with one attached hydrogen (secondary N) is 1. The van der Waals surface area contributed by atoms with Crippen molar-refractivity contribution in [1.82, 2.24) is 4.90 Å². The number of benzene rings is 3. The highest BCUT2D eigenvalue weighted by atomic mass is 35.5. The van der Waals surface area contributed by atoms with E-state index < -0.39 is 21.6 Å². The van der Waals surface area contributed by atoms with Crippen LogP contribution in [-0.4, -0.2) is 36.3 Å². The number of halogens is 2. The van der Waals surface area contributed by atoms with Crippen molar-refractivity contribution in [1.29, 1.82) is 0 Å². The number of methoxy groups -OCH3 is 1. The van der Waals surface area contributed by atoms with Gasteiger partial charge in [-0.2, -0.15) is 0 Å². The van der Waals surface area contributed by atoms with Gasteiger partial charge in [-0.05, 0) is 47.2 Å². The van der Waals surface area contributed by atoms with Crippen LogP contribution in [0.4, 0.5) is 5.69 Å². The molecular weight excluding hydrogens is 535 g/mol. The van der Waals surface area contributed by atoms with Crippen LogP contribution in [0.3, 0.4) is 0 Å². The Kier molecular flexibility index (Phi) is 6.43. The Labute approximate surface area is 237 Å². The molecule has 1 fully saturated rings. The Morgan fingerprint density at radius 2 is 1.36 bits per heavy atom. The zero-order chi connectivity index (χ0) is 27.4. The van der Waals surface area contributed by atoms with Gasteiger partial charge in [0.15, 0.2) is 0 Å². The lowest BCUT2D eigenvalue weighted by Crippen LogP contribution is -2.57. The number of nitrogens with zero attached hydrogens (tertiary/aromatic N) is 1. The molecule has 2 bridgehead atoms. The molecule has 3 aliphatic carbocycles. The molecule has 0 spiro atoms. The van der Waals surface area contributed by atoms with Crippen molar-refractivity contribution in [3.63, 3.8) is 0 Å². The van der Waals surface area contributed by atoms with Gasteiger partial charge in [0.1, 0.15) is 15.5 Å². The van der Waals surface area contributed by atoms with Gasteiger partial charge in [0.05, 0.1) is 18.9 Å². The van der Waals surface area contributed by atoms with Crippen molar-refractivity contribution < 1.29 is 19.1 Å². The van der Waals surface area contributed by atoms with E-state index in [1.165, 1.54) is 4.90 Å². The molecule has 8 heteroatoms. The fraction of sp³-hybridized carbons (Fsp3) is 0.323. The van der Waals surface area contributed by atoms with E-state index >= 15 is 0 Å². The zero-order valence-electron chi connectivity index (χ0n) is 21.5. The number of amides is 3. The van der Waals surface area contributed by atoms with Crippen molar-refractivity contribution >= 4 is 46.6 Å². The fourth-order valence-corrected chi connectivity index (χ4v) is 7.70. The van der Waals surface area contributed by atoms with Crippen molar-refractivity contribution in [3.05, 3.63) is 95.1 Å². The molecule has 7 rings (SSSR count). The van der Waals surface area contributed by atoms with Crippen LogP contribution in [0.1, 0.15) is 47.9 Å². The topological polar surface area (TPSA) is 75.7 Å². The summed E-state index contributed by atoms with van der Waals surface area (Å²) in [5.41, 5.74) is 3.87. The molecule has 3 amide bonds. The molecule has 0 unspecified atom stereocenters. The van der Waals surface area contributed by atoms with Crippen LogP contribution < -0.4 is 10.1 Å². The van der Waals surface area contributed by atoms with E-state index in [1.54, 1.807) is 19.2 Å². The number of ether oxygens (including phenoxy) is 1. The van der Waals surface area contributed by atoms with Crippen LogP contribution in [0.15, 0.2) is 72.8 Å². The number of carbonyl (C=O) groups is 3. The molecule has 1 aliphatic heterocycles. The molecule has 2 atom stereocenters. The van der Waals surface area contributed by atoms with E-state index in [9.17, 15) is 14.4 Å². The Morgan fingerprint density at radius 3 is 1.87 bits per heavy atom. The highest BCUT2D eigenvalue weighted by Crippen LogP contribution is 2.69. The molecule has 4 aliphatic rings. The third-order valence-electron chi connectivity index (χ3n) is 8.32. The highest BCUT2D eigenvalue weighted by Gasteiger charge is 2.72. The molecule has 0 radical (unpaired) electrons. The summed E-state index contributed by atoms with van der Waals surface area (Å²) in [4.78, 5) is 39.0. The summed E-state index contributed by atoms with van der Waals surface area (Å²) in [6, 6.07) is 22.5. The molecule has 6 nitrogen and oxygen atoms in total. The molecule has 3 aromatic carbocycles. The summed E-state index contributed by atoms with van der Waals surface area (Å²) < 4.78 is 5.19. The number of carbonyl (C=O) groups excluding carboxylic acids is 3. The summed E-state index contributed by atoms with van der Waals surface area (Å²) in [5, 5.41) is 2.87. The summed E-state index contributed by atoms with van der Waals surface area (Å²) in [6.45, 7) is 0.273. The van der Waals surface area contributed by atoms with Crippen LogP contribution in [0.25, 0.3) is 0 Å². The molecule has 0 saturated carbocycles. The van der Waals surface area contributed by atoms with E-state index in [0.29, 0.717) is 37.1 Å². The van der Waals surface area contributed by atoms with Crippen LogP contribution in [0, 0.1) is 11.8 Å². The van der Waals surface area contributed by atoms with E-state index in [4.69, 9.17) is 27.9 Å². The maximum atomic E-state index is 13.8. The second kappa shape index (κ2) is 9.68. The van der Waals surface area contributed by atoms with Gasteiger partial charge in [0.2, 0.25) is 17.7 Å². The van der Waals surface area contributed by atoms with Gasteiger partial charge in [-0.1, -0.05) is 61.0 Å². The summed E-state index contributed by atoms with van der Waals surface area (Å²) in [5.74, 6) is -1.52. The fourth-order valence-electron chi connectivity index (χ4n) is 6.60. The number of anilines is 1. The normalized spacial score (nSPS) is 26.2. The minimum Gasteiger partial charge on any atom is -0.497 e. The van der Waals surface area contributed by atoms with E-state index in [2.05, 4.69) is 5.32 Å². The standard InChI is InChI=1S/C31H28Cl2N2O4/c1-39-20-11-9-10-19(18-20)34-25(36)16-3-2-8-17-35-28(37)26-27(29(35)38)31(33)22-13-5-4-12-21(22)30(26,32)23-14-6-7-15-24(23)31/h4-7,9-15,18,26-27H,2-3,8,16-17H2,1H3,(H,34,36)/t26-,27-,30?,31?/m0/s1. The second-order valence-electron chi connectivity index (χ2n) is 10.4. The second-order valence-corrected chi connectivity index (χ2v) is 11.6. The number of likely N-dealkylation sites (tertiary alicyclic amines) is 1. The molecular formula is C31H28Cl2N2O4. The predicted octanol–water partition coefficient (Wildman–Crippen LogP) is 5.79. The third-order valence-corrected chi connectivity index (χ3v) is 9.60. The smallest absolute Gasteiger partial charge is 0.235 e. The van der Waals surface area contributed by atoms with E-state index in [1.807, 2.05) is 60.7 Å². The molecule has 1 N–H and O–H groups in total. The highest BCUT2D eigenvalue weighted by molar-refractivity contribution is 6.36.